The van der Waals surface area contributed by atoms with Gasteiger partial charge in [-0.2, -0.15) is 0 Å². The van der Waals surface area contributed by atoms with Crippen LogP contribution in [0.25, 0.3) is 0 Å². The zero-order valence-corrected chi connectivity index (χ0v) is 16.7. The second-order valence-electron chi connectivity index (χ2n) is 7.32. The van der Waals surface area contributed by atoms with Gasteiger partial charge in [-0.05, 0) is 55.9 Å². The zero-order valence-electron chi connectivity index (χ0n) is 15.9. The molecule has 1 aliphatic carbocycles. The fourth-order valence-electron chi connectivity index (χ4n) is 3.91. The number of halogens is 1. The van der Waals surface area contributed by atoms with E-state index in [4.69, 9.17) is 4.74 Å². The summed E-state index contributed by atoms with van der Waals surface area (Å²) < 4.78 is 41.9. The molecule has 0 saturated heterocycles. The maximum atomic E-state index is 13.4. The van der Waals surface area contributed by atoms with Gasteiger partial charge in [-0.15, -0.1) is 0 Å². The molecule has 0 aromatic heterocycles. The highest BCUT2D eigenvalue weighted by atomic mass is 32.2. The van der Waals surface area contributed by atoms with E-state index in [1.807, 2.05) is 12.1 Å². The van der Waals surface area contributed by atoms with Crippen LogP contribution in [-0.2, 0) is 9.84 Å². The summed E-state index contributed by atoms with van der Waals surface area (Å²) in [4.78, 5) is 0.357. The average Bonchev–Trinajstić information content (AvgIpc) is 3.09. The summed E-state index contributed by atoms with van der Waals surface area (Å²) in [7, 11) is -1.61. The van der Waals surface area contributed by atoms with Gasteiger partial charge in [0.25, 0.3) is 0 Å². The molecule has 0 radical (unpaired) electrons. The van der Waals surface area contributed by atoms with Gasteiger partial charge in [0.15, 0.2) is 9.84 Å². The minimum atomic E-state index is -3.16. The lowest BCUT2D eigenvalue weighted by Gasteiger charge is -2.22. The van der Waals surface area contributed by atoms with Crippen LogP contribution < -0.4 is 10.1 Å². The lowest BCUT2D eigenvalue weighted by atomic mass is 9.97. The van der Waals surface area contributed by atoms with E-state index in [2.05, 4.69) is 12.2 Å². The van der Waals surface area contributed by atoms with E-state index in [1.54, 1.807) is 25.3 Å². The van der Waals surface area contributed by atoms with Gasteiger partial charge < -0.3 is 10.1 Å². The minimum absolute atomic E-state index is 0.0527. The van der Waals surface area contributed by atoms with Crippen LogP contribution in [0.1, 0.15) is 49.3 Å². The third-order valence-corrected chi connectivity index (χ3v) is 6.49. The van der Waals surface area contributed by atoms with Crippen molar-refractivity contribution in [2.24, 2.45) is 0 Å². The number of methoxy groups -OCH3 is 1. The van der Waals surface area contributed by atoms with Crippen molar-refractivity contribution in [2.45, 2.75) is 49.1 Å². The summed E-state index contributed by atoms with van der Waals surface area (Å²) in [5.41, 5.74) is 2.12. The SMILES string of the molecule is COc1cc(F)ccc1[C@@H](C)NC1CC[C@H](c2ccc(S(C)(=O)=O)cc2)C1. The van der Waals surface area contributed by atoms with Crippen molar-refractivity contribution in [1.82, 2.24) is 5.32 Å². The van der Waals surface area contributed by atoms with Gasteiger partial charge >= 0.3 is 0 Å². The summed E-state index contributed by atoms with van der Waals surface area (Å²) in [6.07, 6.45) is 4.32. The zero-order chi connectivity index (χ0) is 19.6. The monoisotopic (exact) mass is 391 g/mol. The molecule has 0 aliphatic heterocycles. The van der Waals surface area contributed by atoms with Crippen molar-refractivity contribution in [3.05, 3.63) is 59.4 Å². The third-order valence-electron chi connectivity index (χ3n) is 5.36. The van der Waals surface area contributed by atoms with Gasteiger partial charge in [0.1, 0.15) is 11.6 Å². The second-order valence-corrected chi connectivity index (χ2v) is 9.34. The van der Waals surface area contributed by atoms with Gasteiger partial charge in [0, 0.05) is 30.0 Å². The van der Waals surface area contributed by atoms with Crippen LogP contribution in [0.4, 0.5) is 4.39 Å². The highest BCUT2D eigenvalue weighted by Gasteiger charge is 2.27. The van der Waals surface area contributed by atoms with E-state index < -0.39 is 9.84 Å². The summed E-state index contributed by atoms with van der Waals surface area (Å²) in [6, 6.07) is 12.3. The molecular weight excluding hydrogens is 365 g/mol. The lowest BCUT2D eigenvalue weighted by molar-refractivity contribution is 0.389. The minimum Gasteiger partial charge on any atom is -0.496 e. The molecule has 0 bridgehead atoms. The van der Waals surface area contributed by atoms with Crippen LogP contribution in [-0.4, -0.2) is 27.8 Å². The van der Waals surface area contributed by atoms with Crippen molar-refractivity contribution < 1.29 is 17.5 Å². The van der Waals surface area contributed by atoms with Gasteiger partial charge in [-0.3, -0.25) is 0 Å². The first-order valence-electron chi connectivity index (χ1n) is 9.17. The van der Waals surface area contributed by atoms with E-state index in [9.17, 15) is 12.8 Å². The van der Waals surface area contributed by atoms with Gasteiger partial charge in [0.2, 0.25) is 0 Å². The molecule has 2 aromatic rings. The van der Waals surface area contributed by atoms with Crippen molar-refractivity contribution in [3.63, 3.8) is 0 Å². The summed E-state index contributed by atoms with van der Waals surface area (Å²) in [5.74, 6) is 0.667. The maximum Gasteiger partial charge on any atom is 0.175 e. The van der Waals surface area contributed by atoms with E-state index >= 15 is 0 Å². The summed E-state index contributed by atoms with van der Waals surface area (Å²) in [6.45, 7) is 2.06. The molecule has 1 saturated carbocycles. The summed E-state index contributed by atoms with van der Waals surface area (Å²) >= 11 is 0. The number of sulfone groups is 1. The average molecular weight is 392 g/mol. The van der Waals surface area contributed by atoms with Crippen LogP contribution in [0.15, 0.2) is 47.4 Å². The first-order chi connectivity index (χ1) is 12.8. The summed E-state index contributed by atoms with van der Waals surface area (Å²) in [5, 5.41) is 3.63. The third kappa shape index (κ3) is 4.68. The molecule has 6 heteroatoms. The topological polar surface area (TPSA) is 55.4 Å². The Morgan fingerprint density at radius 3 is 2.48 bits per heavy atom. The van der Waals surface area contributed by atoms with Crippen molar-refractivity contribution in [2.75, 3.05) is 13.4 Å². The van der Waals surface area contributed by atoms with Gasteiger partial charge in [0.05, 0.1) is 12.0 Å². The maximum absolute atomic E-state index is 13.4. The Bertz CT molecular complexity index is 896. The number of hydrogen-bond acceptors (Lipinski definition) is 4. The van der Waals surface area contributed by atoms with Crippen molar-refractivity contribution in [3.8, 4) is 5.75 Å². The van der Waals surface area contributed by atoms with Crippen LogP contribution in [0.3, 0.4) is 0 Å². The molecule has 3 rings (SSSR count). The van der Waals surface area contributed by atoms with Crippen LogP contribution >= 0.6 is 0 Å². The predicted molar refractivity (Wildman–Crippen MR) is 104 cm³/mol. The number of benzene rings is 2. The molecule has 1 aliphatic rings. The molecule has 27 heavy (non-hydrogen) atoms. The Morgan fingerprint density at radius 1 is 1.15 bits per heavy atom. The molecule has 4 nitrogen and oxygen atoms in total. The molecule has 1 N–H and O–H groups in total. The fraction of sp³-hybridized carbons (Fsp3) is 0.429. The standard InChI is InChI=1S/C21H26FNO3S/c1-14(20-11-7-17(22)13-21(20)26-2)23-18-8-4-16(12-18)15-5-9-19(10-6-15)27(3,24)25/h5-7,9-11,13-14,16,18,23H,4,8,12H2,1-3H3/t14-,16+,18?/m1/s1. The largest absolute Gasteiger partial charge is 0.496 e. The Morgan fingerprint density at radius 2 is 1.85 bits per heavy atom. The Hall–Kier alpha value is -1.92. The molecule has 1 unspecified atom stereocenters. The molecule has 0 amide bonds. The number of nitrogens with one attached hydrogen (secondary N) is 1. The lowest BCUT2D eigenvalue weighted by Crippen LogP contribution is -2.29. The number of hydrogen-bond donors (Lipinski definition) is 1. The van der Waals surface area contributed by atoms with E-state index in [1.165, 1.54) is 24.0 Å². The Labute approximate surface area is 160 Å². The van der Waals surface area contributed by atoms with Gasteiger partial charge in [-0.25, -0.2) is 12.8 Å². The van der Waals surface area contributed by atoms with Crippen LogP contribution in [0.5, 0.6) is 5.75 Å². The second kappa shape index (κ2) is 7.98. The predicted octanol–water partition coefficient (Wildman–Crippen LogP) is 4.22. The molecule has 146 valence electrons. The first-order valence-corrected chi connectivity index (χ1v) is 11.1. The first kappa shape index (κ1) is 19.8. The number of ether oxygens (including phenoxy) is 1. The van der Waals surface area contributed by atoms with E-state index in [-0.39, 0.29) is 11.9 Å². The molecule has 0 heterocycles. The van der Waals surface area contributed by atoms with Crippen LogP contribution in [0.2, 0.25) is 0 Å². The van der Waals surface area contributed by atoms with Gasteiger partial charge in [-0.1, -0.05) is 18.2 Å². The van der Waals surface area contributed by atoms with Crippen molar-refractivity contribution >= 4 is 9.84 Å². The highest BCUT2D eigenvalue weighted by Crippen LogP contribution is 2.36. The van der Waals surface area contributed by atoms with E-state index in [0.29, 0.717) is 22.6 Å². The molecule has 2 aromatic carbocycles. The van der Waals surface area contributed by atoms with E-state index in [0.717, 1.165) is 24.8 Å². The Kier molecular flexibility index (Phi) is 5.86. The highest BCUT2D eigenvalue weighted by molar-refractivity contribution is 7.90. The fourth-order valence-corrected chi connectivity index (χ4v) is 4.54. The molecule has 0 spiro atoms. The normalized spacial score (nSPS) is 21.2. The molecule has 1 fully saturated rings. The van der Waals surface area contributed by atoms with Crippen molar-refractivity contribution in [1.29, 1.82) is 0 Å². The molecule has 3 atom stereocenters. The number of rotatable bonds is 6. The smallest absolute Gasteiger partial charge is 0.175 e. The quantitative estimate of drug-likeness (QED) is 0.801. The Balaban J connectivity index is 1.64. The van der Waals surface area contributed by atoms with Crippen LogP contribution in [0, 0.1) is 5.82 Å². The molecular formula is C21H26FNO3S.